The topological polar surface area (TPSA) is 47.6 Å². The predicted octanol–water partition coefficient (Wildman–Crippen LogP) is 3.60. The van der Waals surface area contributed by atoms with E-state index in [0.29, 0.717) is 11.1 Å². The number of carbonyl (C=O) groups excluding carboxylic acids is 1. The van der Waals surface area contributed by atoms with Crippen LogP contribution in [0, 0.1) is 5.82 Å². The number of ether oxygens (including phenoxy) is 2. The van der Waals surface area contributed by atoms with E-state index in [-0.39, 0.29) is 35.1 Å². The Morgan fingerprint density at radius 2 is 1.96 bits per heavy atom. The molecule has 23 heavy (non-hydrogen) atoms. The molecule has 1 aliphatic heterocycles. The summed E-state index contributed by atoms with van der Waals surface area (Å²) in [5.41, 5.74) is 1.08. The molecule has 1 amide bonds. The van der Waals surface area contributed by atoms with Crippen LogP contribution in [0.25, 0.3) is 11.1 Å². The van der Waals surface area contributed by atoms with E-state index in [9.17, 15) is 18.0 Å². The molecule has 1 aliphatic rings. The van der Waals surface area contributed by atoms with E-state index < -0.39 is 12.4 Å². The highest BCUT2D eigenvalue weighted by molar-refractivity contribution is 6.00. The Kier molecular flexibility index (Phi) is 3.85. The van der Waals surface area contributed by atoms with E-state index in [2.05, 4.69) is 10.1 Å². The highest BCUT2D eigenvalue weighted by Gasteiger charge is 2.24. The molecule has 0 radical (unpaired) electrons. The van der Waals surface area contributed by atoms with Crippen molar-refractivity contribution >= 4 is 11.6 Å². The van der Waals surface area contributed by atoms with Gasteiger partial charge in [-0.1, -0.05) is 6.07 Å². The summed E-state index contributed by atoms with van der Waals surface area (Å²) in [7, 11) is 1.37. The van der Waals surface area contributed by atoms with Gasteiger partial charge in [0.2, 0.25) is 5.91 Å². The first-order valence-electron chi connectivity index (χ1n) is 6.74. The van der Waals surface area contributed by atoms with Crippen LogP contribution in [0.5, 0.6) is 11.5 Å². The number of alkyl halides is 2. The van der Waals surface area contributed by atoms with Gasteiger partial charge in [-0.3, -0.25) is 4.79 Å². The van der Waals surface area contributed by atoms with Crippen molar-refractivity contribution in [1.82, 2.24) is 0 Å². The van der Waals surface area contributed by atoms with Gasteiger partial charge in [0.05, 0.1) is 24.8 Å². The molecule has 4 nitrogen and oxygen atoms in total. The highest BCUT2D eigenvalue weighted by atomic mass is 19.3. The normalized spacial score (nSPS) is 13.0. The van der Waals surface area contributed by atoms with Crippen molar-refractivity contribution in [2.75, 3.05) is 12.4 Å². The summed E-state index contributed by atoms with van der Waals surface area (Å²) in [6.45, 7) is -3.02. The van der Waals surface area contributed by atoms with Gasteiger partial charge in [0.1, 0.15) is 17.3 Å². The molecule has 3 rings (SSSR count). The fourth-order valence-electron chi connectivity index (χ4n) is 2.60. The maximum atomic E-state index is 14.2. The minimum absolute atomic E-state index is 0.0281. The number of carbonyl (C=O) groups is 1. The van der Waals surface area contributed by atoms with Crippen LogP contribution in [0.1, 0.15) is 5.56 Å². The van der Waals surface area contributed by atoms with Crippen molar-refractivity contribution in [3.05, 3.63) is 41.7 Å². The van der Waals surface area contributed by atoms with Gasteiger partial charge in [0, 0.05) is 0 Å². The van der Waals surface area contributed by atoms with E-state index in [1.54, 1.807) is 12.1 Å². The Morgan fingerprint density at radius 1 is 1.22 bits per heavy atom. The molecule has 0 saturated carbocycles. The van der Waals surface area contributed by atoms with Crippen LogP contribution in [0.3, 0.4) is 0 Å². The number of halogens is 3. The van der Waals surface area contributed by atoms with Crippen LogP contribution < -0.4 is 14.8 Å². The maximum Gasteiger partial charge on any atom is 0.387 e. The van der Waals surface area contributed by atoms with Crippen molar-refractivity contribution in [2.24, 2.45) is 0 Å². The second kappa shape index (κ2) is 5.83. The molecular weight excluding hydrogens is 311 g/mol. The first-order chi connectivity index (χ1) is 11.0. The van der Waals surface area contributed by atoms with Gasteiger partial charge in [-0.05, 0) is 35.4 Å². The lowest BCUT2D eigenvalue weighted by Gasteiger charge is -2.15. The van der Waals surface area contributed by atoms with Gasteiger partial charge in [-0.15, -0.1) is 0 Å². The molecule has 2 aromatic rings. The predicted molar refractivity (Wildman–Crippen MR) is 77.4 cm³/mol. The van der Waals surface area contributed by atoms with Gasteiger partial charge >= 0.3 is 6.61 Å². The first kappa shape index (κ1) is 15.2. The Hall–Kier alpha value is -2.70. The fraction of sp³-hybridized carbons (Fsp3) is 0.188. The molecule has 7 heteroatoms. The van der Waals surface area contributed by atoms with Crippen LogP contribution in [-0.4, -0.2) is 19.6 Å². The van der Waals surface area contributed by atoms with Crippen LogP contribution in [0.2, 0.25) is 0 Å². The van der Waals surface area contributed by atoms with Gasteiger partial charge in [0.15, 0.2) is 0 Å². The minimum Gasteiger partial charge on any atom is -0.496 e. The number of anilines is 1. The van der Waals surface area contributed by atoms with E-state index in [1.165, 1.54) is 19.2 Å². The summed E-state index contributed by atoms with van der Waals surface area (Å²) < 4.78 is 49.1. The molecule has 120 valence electrons. The zero-order chi connectivity index (χ0) is 16.6. The molecule has 0 aliphatic carbocycles. The summed E-state index contributed by atoms with van der Waals surface area (Å²) >= 11 is 0. The molecule has 0 unspecified atom stereocenters. The monoisotopic (exact) mass is 323 g/mol. The number of nitrogens with one attached hydrogen (secondary N) is 1. The summed E-state index contributed by atoms with van der Waals surface area (Å²) in [5.74, 6) is -0.826. The number of hydrogen-bond acceptors (Lipinski definition) is 3. The molecule has 0 fully saturated rings. The van der Waals surface area contributed by atoms with Crippen LogP contribution >= 0.6 is 0 Å². The zero-order valence-corrected chi connectivity index (χ0v) is 12.0. The van der Waals surface area contributed by atoms with Crippen molar-refractivity contribution in [2.45, 2.75) is 13.0 Å². The first-order valence-corrected chi connectivity index (χ1v) is 6.74. The van der Waals surface area contributed by atoms with Gasteiger partial charge in [0.25, 0.3) is 0 Å². The third-order valence-electron chi connectivity index (χ3n) is 3.50. The maximum absolute atomic E-state index is 14.2. The lowest BCUT2D eigenvalue weighted by molar-refractivity contribution is -0.115. The summed E-state index contributed by atoms with van der Waals surface area (Å²) in [6.07, 6.45) is 0.0281. The SMILES string of the molecule is COc1cccc(OC(F)F)c1-c1cc(F)c2c(c1)CC(=O)N2. The minimum atomic E-state index is -3.02. The van der Waals surface area contributed by atoms with Crippen LogP contribution in [0.4, 0.5) is 18.9 Å². The third-order valence-corrected chi connectivity index (χ3v) is 3.50. The molecular formula is C16H12F3NO3. The third kappa shape index (κ3) is 2.81. The number of amides is 1. The Bertz CT molecular complexity index is 777. The summed E-state index contributed by atoms with van der Waals surface area (Å²) in [6, 6.07) is 7.11. The van der Waals surface area contributed by atoms with Crippen molar-refractivity contribution in [1.29, 1.82) is 0 Å². The average molecular weight is 323 g/mol. The highest BCUT2D eigenvalue weighted by Crippen LogP contribution is 2.41. The second-order valence-corrected chi connectivity index (χ2v) is 4.93. The van der Waals surface area contributed by atoms with Crippen LogP contribution in [-0.2, 0) is 11.2 Å². The van der Waals surface area contributed by atoms with Crippen LogP contribution in [0.15, 0.2) is 30.3 Å². The van der Waals surface area contributed by atoms with Crippen molar-refractivity contribution < 1.29 is 27.4 Å². The fourth-order valence-corrected chi connectivity index (χ4v) is 2.60. The molecule has 0 saturated heterocycles. The van der Waals surface area contributed by atoms with E-state index in [0.717, 1.165) is 6.07 Å². The largest absolute Gasteiger partial charge is 0.496 e. The van der Waals surface area contributed by atoms with Crippen molar-refractivity contribution in [3.8, 4) is 22.6 Å². The molecule has 0 atom stereocenters. The summed E-state index contributed by atoms with van der Waals surface area (Å²) in [5, 5.41) is 2.42. The average Bonchev–Trinajstić information content (AvgIpc) is 2.87. The van der Waals surface area contributed by atoms with E-state index in [4.69, 9.17) is 4.74 Å². The van der Waals surface area contributed by atoms with E-state index >= 15 is 0 Å². The Balaban J connectivity index is 2.17. The summed E-state index contributed by atoms with van der Waals surface area (Å²) in [4.78, 5) is 11.4. The molecule has 1 heterocycles. The molecule has 1 N–H and O–H groups in total. The molecule has 2 aromatic carbocycles. The number of hydrogen-bond donors (Lipinski definition) is 1. The quantitative estimate of drug-likeness (QED) is 0.935. The molecule has 0 bridgehead atoms. The van der Waals surface area contributed by atoms with E-state index in [1.807, 2.05) is 0 Å². The molecule has 0 aromatic heterocycles. The Labute approximate surface area is 129 Å². The molecule has 0 spiro atoms. The number of methoxy groups -OCH3 is 1. The lowest BCUT2D eigenvalue weighted by atomic mass is 9.99. The second-order valence-electron chi connectivity index (χ2n) is 4.93. The Morgan fingerprint density at radius 3 is 2.65 bits per heavy atom. The number of rotatable bonds is 4. The standard InChI is InChI=1S/C16H12F3NO3/c1-22-11-3-2-4-12(23-16(18)19)14(11)8-5-9-7-13(21)20-15(9)10(17)6-8/h2-6,16H,7H2,1H3,(H,20,21). The smallest absolute Gasteiger partial charge is 0.387 e. The van der Waals surface area contributed by atoms with Gasteiger partial charge < -0.3 is 14.8 Å². The number of benzene rings is 2. The lowest BCUT2D eigenvalue weighted by Crippen LogP contribution is -2.04. The van der Waals surface area contributed by atoms with Crippen molar-refractivity contribution in [3.63, 3.8) is 0 Å². The van der Waals surface area contributed by atoms with Gasteiger partial charge in [-0.2, -0.15) is 8.78 Å². The van der Waals surface area contributed by atoms with Gasteiger partial charge in [-0.25, -0.2) is 4.39 Å². The number of fused-ring (bicyclic) bond motifs is 1. The zero-order valence-electron chi connectivity index (χ0n) is 12.0.